The third kappa shape index (κ3) is 3.61. The van der Waals surface area contributed by atoms with Gasteiger partial charge in [0.2, 0.25) is 6.79 Å². The number of nitrogens with one attached hydrogen (secondary N) is 1. The molecule has 1 unspecified atom stereocenters. The van der Waals surface area contributed by atoms with E-state index in [9.17, 15) is 4.79 Å². The van der Waals surface area contributed by atoms with E-state index in [1.165, 1.54) is 0 Å². The topological polar surface area (TPSA) is 68.6 Å². The molecule has 1 atom stereocenters. The van der Waals surface area contributed by atoms with Gasteiger partial charge in [-0.05, 0) is 51.7 Å². The summed E-state index contributed by atoms with van der Waals surface area (Å²) in [5.41, 5.74) is 1.63. The van der Waals surface area contributed by atoms with E-state index in [0.29, 0.717) is 12.2 Å². The highest BCUT2D eigenvalue weighted by Gasteiger charge is 2.21. The summed E-state index contributed by atoms with van der Waals surface area (Å²) in [6.45, 7) is 4.73. The average molecular weight is 344 g/mol. The Hall–Kier alpha value is -2.54. The Morgan fingerprint density at radius 1 is 1.28 bits per heavy atom. The molecule has 2 aromatic rings. The summed E-state index contributed by atoms with van der Waals surface area (Å²) in [6, 6.07) is 7.77. The van der Waals surface area contributed by atoms with E-state index >= 15 is 0 Å². The first-order chi connectivity index (χ1) is 12.0. The van der Waals surface area contributed by atoms with Gasteiger partial charge < -0.3 is 19.7 Å². The van der Waals surface area contributed by atoms with Crippen LogP contribution in [0.15, 0.2) is 30.5 Å². The van der Waals surface area contributed by atoms with Crippen LogP contribution in [0.1, 0.15) is 42.0 Å². The zero-order valence-electron chi connectivity index (χ0n) is 15.0. The standard InChI is InChI=1S/C18H24N4O3/c1-12(2)22-14(7-8-20-22)18(23)19-10-15(21(3)4)13-5-6-16-17(9-13)25-11-24-16/h5-9,12,15H,10-11H2,1-4H3,(H,19,23). The predicted molar refractivity (Wildman–Crippen MR) is 93.9 cm³/mol. The molecule has 7 heteroatoms. The molecule has 0 saturated heterocycles. The smallest absolute Gasteiger partial charge is 0.269 e. The number of aromatic nitrogens is 2. The van der Waals surface area contributed by atoms with Gasteiger partial charge in [-0.2, -0.15) is 5.10 Å². The molecule has 1 aliphatic rings. The van der Waals surface area contributed by atoms with E-state index in [1.807, 2.05) is 46.1 Å². The Balaban J connectivity index is 1.72. The third-order valence-electron chi connectivity index (χ3n) is 4.25. The van der Waals surface area contributed by atoms with Crippen LogP contribution >= 0.6 is 0 Å². The second-order valence-corrected chi connectivity index (χ2v) is 6.56. The van der Waals surface area contributed by atoms with Crippen LogP contribution in [0.3, 0.4) is 0 Å². The Labute approximate surface area is 147 Å². The molecule has 2 heterocycles. The molecule has 25 heavy (non-hydrogen) atoms. The van der Waals surface area contributed by atoms with Gasteiger partial charge in [-0.1, -0.05) is 6.07 Å². The number of rotatable bonds is 6. The molecule has 0 fully saturated rings. The van der Waals surface area contributed by atoms with E-state index in [0.717, 1.165) is 17.1 Å². The summed E-state index contributed by atoms with van der Waals surface area (Å²) < 4.78 is 12.5. The molecular weight excluding hydrogens is 320 g/mol. The van der Waals surface area contributed by atoms with Gasteiger partial charge in [0.15, 0.2) is 11.5 Å². The van der Waals surface area contributed by atoms with Gasteiger partial charge in [-0.3, -0.25) is 9.48 Å². The van der Waals surface area contributed by atoms with Crippen molar-refractivity contribution in [3.05, 3.63) is 41.7 Å². The van der Waals surface area contributed by atoms with Gasteiger partial charge in [0.05, 0.1) is 6.04 Å². The van der Waals surface area contributed by atoms with Crippen LogP contribution in [-0.2, 0) is 0 Å². The molecular formula is C18H24N4O3. The number of amides is 1. The monoisotopic (exact) mass is 344 g/mol. The fourth-order valence-electron chi connectivity index (χ4n) is 2.90. The molecule has 0 spiro atoms. The summed E-state index contributed by atoms with van der Waals surface area (Å²) in [4.78, 5) is 14.6. The van der Waals surface area contributed by atoms with Crippen molar-refractivity contribution in [2.24, 2.45) is 0 Å². The number of carbonyl (C=O) groups excluding carboxylic acids is 1. The van der Waals surface area contributed by atoms with Crippen molar-refractivity contribution in [2.75, 3.05) is 27.4 Å². The van der Waals surface area contributed by atoms with Gasteiger partial charge in [0, 0.05) is 18.8 Å². The van der Waals surface area contributed by atoms with E-state index in [1.54, 1.807) is 16.9 Å². The molecule has 134 valence electrons. The summed E-state index contributed by atoms with van der Waals surface area (Å²) >= 11 is 0. The zero-order valence-corrected chi connectivity index (χ0v) is 15.0. The lowest BCUT2D eigenvalue weighted by Crippen LogP contribution is -2.35. The maximum Gasteiger partial charge on any atom is 0.269 e. The van der Waals surface area contributed by atoms with Gasteiger partial charge in [0.25, 0.3) is 5.91 Å². The van der Waals surface area contributed by atoms with E-state index in [-0.39, 0.29) is 24.8 Å². The zero-order chi connectivity index (χ0) is 18.0. The molecule has 1 aromatic carbocycles. The van der Waals surface area contributed by atoms with Crippen molar-refractivity contribution in [1.82, 2.24) is 20.0 Å². The van der Waals surface area contributed by atoms with Crippen LogP contribution in [0.5, 0.6) is 11.5 Å². The second kappa shape index (κ2) is 7.14. The lowest BCUT2D eigenvalue weighted by Gasteiger charge is -2.25. The van der Waals surface area contributed by atoms with Crippen molar-refractivity contribution < 1.29 is 14.3 Å². The molecule has 1 aliphatic heterocycles. The normalized spacial score (nSPS) is 14.2. The number of likely N-dealkylation sites (N-methyl/N-ethyl adjacent to an activating group) is 1. The van der Waals surface area contributed by atoms with Gasteiger partial charge >= 0.3 is 0 Å². The van der Waals surface area contributed by atoms with Crippen LogP contribution in [0.2, 0.25) is 0 Å². The number of benzene rings is 1. The summed E-state index contributed by atoms with van der Waals surface area (Å²) in [6.07, 6.45) is 1.65. The number of nitrogens with zero attached hydrogens (tertiary/aromatic N) is 3. The maximum atomic E-state index is 12.5. The lowest BCUT2D eigenvalue weighted by molar-refractivity contribution is 0.0929. The Bertz CT molecular complexity index is 755. The number of carbonyl (C=O) groups is 1. The average Bonchev–Trinajstić information content (AvgIpc) is 3.23. The maximum absolute atomic E-state index is 12.5. The highest BCUT2D eigenvalue weighted by Crippen LogP contribution is 2.34. The molecule has 0 bridgehead atoms. The molecule has 0 saturated carbocycles. The lowest BCUT2D eigenvalue weighted by atomic mass is 10.1. The van der Waals surface area contributed by atoms with E-state index in [2.05, 4.69) is 15.3 Å². The number of ether oxygens (including phenoxy) is 2. The molecule has 1 amide bonds. The van der Waals surface area contributed by atoms with Crippen LogP contribution in [0, 0.1) is 0 Å². The molecule has 1 aromatic heterocycles. The summed E-state index contributed by atoms with van der Waals surface area (Å²) in [5.74, 6) is 1.37. The molecule has 0 radical (unpaired) electrons. The van der Waals surface area contributed by atoms with Crippen LogP contribution in [0.4, 0.5) is 0 Å². The SMILES string of the molecule is CC(C)n1nccc1C(=O)NCC(c1ccc2c(c1)OCO2)N(C)C. The fraction of sp³-hybridized carbons (Fsp3) is 0.444. The van der Waals surface area contributed by atoms with Crippen molar-refractivity contribution >= 4 is 5.91 Å². The van der Waals surface area contributed by atoms with Crippen molar-refractivity contribution in [1.29, 1.82) is 0 Å². The van der Waals surface area contributed by atoms with Crippen molar-refractivity contribution in [3.63, 3.8) is 0 Å². The first kappa shape index (κ1) is 17.3. The third-order valence-corrected chi connectivity index (χ3v) is 4.25. The fourth-order valence-corrected chi connectivity index (χ4v) is 2.90. The van der Waals surface area contributed by atoms with Crippen molar-refractivity contribution in [2.45, 2.75) is 25.9 Å². The minimum absolute atomic E-state index is 0.0221. The van der Waals surface area contributed by atoms with Crippen LogP contribution in [0.25, 0.3) is 0 Å². The first-order valence-electron chi connectivity index (χ1n) is 8.35. The minimum Gasteiger partial charge on any atom is -0.454 e. The van der Waals surface area contributed by atoms with Gasteiger partial charge in [0.1, 0.15) is 5.69 Å². The second-order valence-electron chi connectivity index (χ2n) is 6.56. The van der Waals surface area contributed by atoms with Crippen LogP contribution in [-0.4, -0.2) is 48.0 Å². The summed E-state index contributed by atoms with van der Waals surface area (Å²) in [7, 11) is 3.97. The minimum atomic E-state index is -0.126. The largest absolute Gasteiger partial charge is 0.454 e. The highest BCUT2D eigenvalue weighted by atomic mass is 16.7. The highest BCUT2D eigenvalue weighted by molar-refractivity contribution is 5.92. The van der Waals surface area contributed by atoms with Gasteiger partial charge in [-0.15, -0.1) is 0 Å². The Kier molecular flexibility index (Phi) is 4.94. The number of fused-ring (bicyclic) bond motifs is 1. The molecule has 7 nitrogen and oxygen atoms in total. The summed E-state index contributed by atoms with van der Waals surface area (Å²) in [5, 5.41) is 7.23. The Morgan fingerprint density at radius 3 is 2.76 bits per heavy atom. The number of hydrogen-bond acceptors (Lipinski definition) is 5. The molecule has 1 N–H and O–H groups in total. The number of hydrogen-bond donors (Lipinski definition) is 1. The predicted octanol–water partition coefficient (Wildman–Crippen LogP) is 2.23. The first-order valence-corrected chi connectivity index (χ1v) is 8.35. The van der Waals surface area contributed by atoms with Crippen LogP contribution < -0.4 is 14.8 Å². The quantitative estimate of drug-likeness (QED) is 0.870. The Morgan fingerprint density at radius 2 is 2.04 bits per heavy atom. The van der Waals surface area contributed by atoms with Gasteiger partial charge in [-0.25, -0.2) is 0 Å². The van der Waals surface area contributed by atoms with E-state index in [4.69, 9.17) is 9.47 Å². The van der Waals surface area contributed by atoms with E-state index < -0.39 is 0 Å². The van der Waals surface area contributed by atoms with Crippen molar-refractivity contribution in [3.8, 4) is 11.5 Å². The molecule has 0 aliphatic carbocycles. The molecule has 3 rings (SSSR count).